The van der Waals surface area contributed by atoms with Gasteiger partial charge in [-0.05, 0) is 11.5 Å². The minimum Gasteiger partial charge on any atom is -0.467 e. The van der Waals surface area contributed by atoms with E-state index in [1.807, 2.05) is 32.0 Å². The van der Waals surface area contributed by atoms with E-state index in [0.717, 1.165) is 5.56 Å². The summed E-state index contributed by atoms with van der Waals surface area (Å²) in [5.74, 6) is -0.531. The Kier molecular flexibility index (Phi) is 7.29. The summed E-state index contributed by atoms with van der Waals surface area (Å²) in [4.78, 5) is 36.5. The molecule has 1 atom stereocenters. The van der Waals surface area contributed by atoms with Gasteiger partial charge in [-0.3, -0.25) is 9.59 Å². The average molecular weight is 367 g/mol. The summed E-state index contributed by atoms with van der Waals surface area (Å²) in [5.41, 5.74) is 2.03. The van der Waals surface area contributed by atoms with Gasteiger partial charge in [0.05, 0.1) is 7.11 Å². The first-order valence-corrected chi connectivity index (χ1v) is 8.96. The number of carbonyl (C=O) groups excluding carboxylic acids is 3. The van der Waals surface area contributed by atoms with Crippen LogP contribution < -0.4 is 5.32 Å². The number of methoxy groups -OCH3 is 1. The molecule has 0 fully saturated rings. The molecule has 0 radical (unpaired) electrons. The summed E-state index contributed by atoms with van der Waals surface area (Å²) in [6.45, 7) is 3.88. The van der Waals surface area contributed by atoms with Crippen molar-refractivity contribution in [3.63, 3.8) is 0 Å². The molecule has 27 heavy (non-hydrogen) atoms. The average Bonchev–Trinajstić information content (AvgIpc) is 2.67. The number of esters is 1. The molecular weight excluding hydrogens is 342 g/mol. The highest BCUT2D eigenvalue weighted by molar-refractivity contribution is 6.08. The molecule has 0 aliphatic heterocycles. The van der Waals surface area contributed by atoms with Gasteiger partial charge >= 0.3 is 5.97 Å². The monoisotopic (exact) mass is 367 g/mol. The molecule has 0 saturated heterocycles. The third kappa shape index (κ3) is 6.06. The number of ketones is 1. The van der Waals surface area contributed by atoms with Crippen LogP contribution in [0.1, 0.15) is 41.8 Å². The highest BCUT2D eigenvalue weighted by Gasteiger charge is 2.22. The number of ether oxygens (including phenoxy) is 1. The lowest BCUT2D eigenvalue weighted by Crippen LogP contribution is -2.43. The van der Waals surface area contributed by atoms with E-state index in [0.29, 0.717) is 24.0 Å². The summed E-state index contributed by atoms with van der Waals surface area (Å²) < 4.78 is 4.80. The van der Waals surface area contributed by atoms with Gasteiger partial charge in [0.1, 0.15) is 6.04 Å². The molecule has 0 heterocycles. The number of amides is 1. The fourth-order valence-electron chi connectivity index (χ4n) is 2.74. The second-order valence-electron chi connectivity index (χ2n) is 6.84. The van der Waals surface area contributed by atoms with Gasteiger partial charge in [0, 0.05) is 24.0 Å². The van der Waals surface area contributed by atoms with Crippen molar-refractivity contribution < 1.29 is 19.1 Å². The SMILES string of the molecule is COC(=O)[C@H](Cc1ccc(C(=O)c2ccccc2)cc1)NC(=O)CC(C)C. The lowest BCUT2D eigenvalue weighted by molar-refractivity contribution is -0.145. The van der Waals surface area contributed by atoms with Gasteiger partial charge in [0.15, 0.2) is 5.78 Å². The predicted octanol–water partition coefficient (Wildman–Crippen LogP) is 3.16. The second kappa shape index (κ2) is 9.67. The minimum absolute atomic E-state index is 0.0584. The number of hydrogen-bond donors (Lipinski definition) is 1. The number of carbonyl (C=O) groups is 3. The maximum Gasteiger partial charge on any atom is 0.328 e. The molecule has 0 aliphatic carbocycles. The normalized spacial score (nSPS) is 11.7. The van der Waals surface area contributed by atoms with Crippen LogP contribution in [0.4, 0.5) is 0 Å². The zero-order valence-electron chi connectivity index (χ0n) is 15.9. The molecule has 2 aromatic rings. The molecule has 1 N–H and O–H groups in total. The van der Waals surface area contributed by atoms with Crippen molar-refractivity contribution in [1.82, 2.24) is 5.32 Å². The lowest BCUT2D eigenvalue weighted by Gasteiger charge is -2.17. The third-order valence-electron chi connectivity index (χ3n) is 4.11. The van der Waals surface area contributed by atoms with Crippen LogP contribution in [0.25, 0.3) is 0 Å². The summed E-state index contributed by atoms with van der Waals surface area (Å²) in [6, 6.07) is 15.3. The maximum atomic E-state index is 12.5. The fourth-order valence-corrected chi connectivity index (χ4v) is 2.74. The first-order valence-electron chi connectivity index (χ1n) is 8.96. The molecule has 0 saturated carbocycles. The maximum absolute atomic E-state index is 12.5. The Balaban J connectivity index is 2.08. The van der Waals surface area contributed by atoms with E-state index in [1.165, 1.54) is 7.11 Å². The molecule has 0 bridgehead atoms. The van der Waals surface area contributed by atoms with E-state index in [1.54, 1.807) is 36.4 Å². The summed E-state index contributed by atoms with van der Waals surface area (Å²) >= 11 is 0. The molecule has 0 aromatic heterocycles. The number of benzene rings is 2. The van der Waals surface area contributed by atoms with Crippen molar-refractivity contribution in [2.75, 3.05) is 7.11 Å². The first-order chi connectivity index (χ1) is 12.9. The van der Waals surface area contributed by atoms with Gasteiger partial charge < -0.3 is 10.1 Å². The van der Waals surface area contributed by atoms with E-state index < -0.39 is 12.0 Å². The van der Waals surface area contributed by atoms with Crippen LogP contribution in [-0.4, -0.2) is 30.8 Å². The molecule has 2 aromatic carbocycles. The van der Waals surface area contributed by atoms with Crippen LogP contribution in [0.5, 0.6) is 0 Å². The van der Waals surface area contributed by atoms with Gasteiger partial charge in [-0.25, -0.2) is 4.79 Å². The Bertz CT molecular complexity index is 782. The van der Waals surface area contributed by atoms with Gasteiger partial charge in [0.2, 0.25) is 5.91 Å². The van der Waals surface area contributed by atoms with Gasteiger partial charge in [0.25, 0.3) is 0 Å². The number of hydrogen-bond acceptors (Lipinski definition) is 4. The van der Waals surface area contributed by atoms with E-state index in [-0.39, 0.29) is 17.6 Å². The van der Waals surface area contributed by atoms with Crippen LogP contribution in [0.15, 0.2) is 54.6 Å². The van der Waals surface area contributed by atoms with Gasteiger partial charge in [-0.2, -0.15) is 0 Å². The van der Waals surface area contributed by atoms with Crippen LogP contribution in [0.3, 0.4) is 0 Å². The van der Waals surface area contributed by atoms with Gasteiger partial charge in [-0.15, -0.1) is 0 Å². The molecular formula is C22H25NO4. The summed E-state index contributed by atoms with van der Waals surface area (Å²) in [5, 5.41) is 2.73. The zero-order valence-corrected chi connectivity index (χ0v) is 15.9. The van der Waals surface area contributed by atoms with Crippen molar-refractivity contribution in [2.45, 2.75) is 32.7 Å². The molecule has 5 nitrogen and oxygen atoms in total. The topological polar surface area (TPSA) is 72.5 Å². The van der Waals surface area contributed by atoms with Crippen LogP contribution in [0.2, 0.25) is 0 Å². The quantitative estimate of drug-likeness (QED) is 0.575. The van der Waals surface area contributed by atoms with Crippen molar-refractivity contribution in [3.8, 4) is 0 Å². The van der Waals surface area contributed by atoms with E-state index in [9.17, 15) is 14.4 Å². The molecule has 0 unspecified atom stereocenters. The molecule has 1 amide bonds. The van der Waals surface area contributed by atoms with E-state index in [2.05, 4.69) is 5.32 Å². The molecule has 0 aliphatic rings. The van der Waals surface area contributed by atoms with Gasteiger partial charge in [-0.1, -0.05) is 68.4 Å². The Morgan fingerprint density at radius 3 is 2.07 bits per heavy atom. The predicted molar refractivity (Wildman–Crippen MR) is 103 cm³/mol. The largest absolute Gasteiger partial charge is 0.467 e. The third-order valence-corrected chi connectivity index (χ3v) is 4.11. The number of rotatable bonds is 8. The van der Waals surface area contributed by atoms with E-state index >= 15 is 0 Å². The number of nitrogens with one attached hydrogen (secondary N) is 1. The molecule has 142 valence electrons. The van der Waals surface area contributed by atoms with Crippen molar-refractivity contribution in [2.24, 2.45) is 5.92 Å². The molecule has 5 heteroatoms. The van der Waals surface area contributed by atoms with Crippen molar-refractivity contribution in [3.05, 3.63) is 71.3 Å². The molecule has 2 rings (SSSR count). The second-order valence-corrected chi connectivity index (χ2v) is 6.84. The van der Waals surface area contributed by atoms with Crippen LogP contribution >= 0.6 is 0 Å². The Morgan fingerprint density at radius 2 is 1.52 bits per heavy atom. The Morgan fingerprint density at radius 1 is 0.926 bits per heavy atom. The highest BCUT2D eigenvalue weighted by Crippen LogP contribution is 2.13. The Hall–Kier alpha value is -2.95. The fraction of sp³-hybridized carbons (Fsp3) is 0.318. The molecule has 0 spiro atoms. The Labute approximate surface area is 159 Å². The smallest absolute Gasteiger partial charge is 0.328 e. The first kappa shape index (κ1) is 20.4. The summed E-state index contributed by atoms with van der Waals surface area (Å²) in [7, 11) is 1.30. The van der Waals surface area contributed by atoms with E-state index in [4.69, 9.17) is 4.74 Å². The summed E-state index contributed by atoms with van der Waals surface area (Å²) in [6.07, 6.45) is 0.647. The van der Waals surface area contributed by atoms with Crippen molar-refractivity contribution >= 4 is 17.7 Å². The van der Waals surface area contributed by atoms with Crippen LogP contribution in [-0.2, 0) is 20.7 Å². The van der Waals surface area contributed by atoms with Crippen molar-refractivity contribution in [1.29, 1.82) is 0 Å². The van der Waals surface area contributed by atoms with Crippen LogP contribution in [0, 0.1) is 5.92 Å². The lowest BCUT2D eigenvalue weighted by atomic mass is 9.99. The standard InChI is InChI=1S/C22H25NO4/c1-15(2)13-20(24)23-19(22(26)27-3)14-16-9-11-18(12-10-16)21(25)17-7-5-4-6-8-17/h4-12,15,19H,13-14H2,1-3H3,(H,23,24)/t19-/m0/s1. The highest BCUT2D eigenvalue weighted by atomic mass is 16.5. The zero-order chi connectivity index (χ0) is 19.8. The minimum atomic E-state index is -0.753.